The number of hydrogen-bond donors (Lipinski definition) is 2. The largest absolute Gasteiger partial charge is 0.493 e. The number of carbonyl (C=O) groups excluding carboxylic acids is 2. The third-order valence-electron chi connectivity index (χ3n) is 6.84. The van der Waals surface area contributed by atoms with Gasteiger partial charge in [-0.05, 0) is 39.5 Å². The van der Waals surface area contributed by atoms with Gasteiger partial charge in [-0.1, -0.05) is 13.8 Å². The number of nitrogens with zero attached hydrogens (tertiary/aromatic N) is 3. The van der Waals surface area contributed by atoms with E-state index in [1.54, 1.807) is 39.0 Å². The molecule has 3 atom stereocenters. The first-order chi connectivity index (χ1) is 18.3. The molecule has 2 fully saturated rings. The highest BCUT2D eigenvalue weighted by molar-refractivity contribution is 5.86. The molecule has 3 aliphatic rings. The van der Waals surface area contributed by atoms with Gasteiger partial charge in [-0.15, -0.1) is 0 Å². The van der Waals surface area contributed by atoms with Crippen LogP contribution < -0.4 is 0 Å². The molecule has 1 saturated carbocycles. The van der Waals surface area contributed by atoms with Gasteiger partial charge >= 0.3 is 12.1 Å². The summed E-state index contributed by atoms with van der Waals surface area (Å²) in [7, 11) is 1.63. The van der Waals surface area contributed by atoms with Gasteiger partial charge in [0.15, 0.2) is 0 Å². The molecule has 1 aliphatic carbocycles. The number of amides is 2. The van der Waals surface area contributed by atoms with Crippen molar-refractivity contribution < 1.29 is 38.8 Å². The molecule has 11 nitrogen and oxygen atoms in total. The van der Waals surface area contributed by atoms with Gasteiger partial charge in [0, 0.05) is 62.8 Å². The minimum atomic E-state index is -1.46. The van der Waals surface area contributed by atoms with Gasteiger partial charge < -0.3 is 34.2 Å². The molecule has 3 rings (SSSR count). The van der Waals surface area contributed by atoms with Crippen LogP contribution in [0, 0.1) is 17.8 Å². The zero-order chi connectivity index (χ0) is 28.9. The first-order valence-electron chi connectivity index (χ1n) is 13.6. The Morgan fingerprint density at radius 1 is 1.15 bits per heavy atom. The van der Waals surface area contributed by atoms with Crippen LogP contribution in [0.25, 0.3) is 0 Å². The van der Waals surface area contributed by atoms with Crippen LogP contribution in [0.2, 0.25) is 0 Å². The average molecular weight is 550 g/mol. The lowest BCUT2D eigenvalue weighted by molar-refractivity contribution is -0.156. The first-order valence-corrected chi connectivity index (χ1v) is 13.6. The highest BCUT2D eigenvalue weighted by atomic mass is 16.6. The van der Waals surface area contributed by atoms with Gasteiger partial charge in [-0.25, -0.2) is 4.79 Å². The summed E-state index contributed by atoms with van der Waals surface area (Å²) in [4.78, 5) is 46.3. The van der Waals surface area contributed by atoms with E-state index in [2.05, 4.69) is 4.99 Å². The number of aliphatic hydroxyl groups is 1. The van der Waals surface area contributed by atoms with E-state index in [1.165, 1.54) is 4.90 Å². The summed E-state index contributed by atoms with van der Waals surface area (Å²) in [5.74, 6) is -3.42. The molecule has 2 N–H and O–H groups in total. The van der Waals surface area contributed by atoms with Gasteiger partial charge in [0.05, 0.1) is 25.2 Å². The van der Waals surface area contributed by atoms with Crippen LogP contribution in [0.5, 0.6) is 0 Å². The molecule has 0 radical (unpaired) electrons. The van der Waals surface area contributed by atoms with Gasteiger partial charge in [-0.3, -0.25) is 14.6 Å². The number of ether oxygens (including phenoxy) is 3. The van der Waals surface area contributed by atoms with E-state index in [1.807, 2.05) is 19.9 Å². The van der Waals surface area contributed by atoms with Gasteiger partial charge in [-0.2, -0.15) is 0 Å². The van der Waals surface area contributed by atoms with Crippen LogP contribution in [0.4, 0.5) is 4.79 Å². The van der Waals surface area contributed by atoms with Crippen LogP contribution in [-0.4, -0.2) is 102 Å². The molecule has 0 bridgehead atoms. The van der Waals surface area contributed by atoms with E-state index in [-0.39, 0.29) is 31.6 Å². The molecule has 0 aromatic heterocycles. The zero-order valence-corrected chi connectivity index (χ0v) is 23.9. The Morgan fingerprint density at radius 2 is 1.82 bits per heavy atom. The van der Waals surface area contributed by atoms with Crippen molar-refractivity contribution in [1.82, 2.24) is 9.80 Å². The minimum Gasteiger partial charge on any atom is -0.493 e. The van der Waals surface area contributed by atoms with Crippen LogP contribution in [0.1, 0.15) is 53.9 Å². The maximum atomic E-state index is 14.1. The number of likely N-dealkylation sites (tertiary alicyclic amines) is 1. The summed E-state index contributed by atoms with van der Waals surface area (Å²) in [5, 5.41) is 20.8. The van der Waals surface area contributed by atoms with Crippen molar-refractivity contribution >= 4 is 24.2 Å². The number of methoxy groups -OCH3 is 1. The number of carboxylic acid groups (broad SMARTS) is 1. The summed E-state index contributed by atoms with van der Waals surface area (Å²) in [6.45, 7) is 10.0. The number of hydrogen-bond acceptors (Lipinski definition) is 8. The van der Waals surface area contributed by atoms with E-state index >= 15 is 0 Å². The molecular weight excluding hydrogens is 506 g/mol. The molecule has 2 unspecified atom stereocenters. The second-order valence-electron chi connectivity index (χ2n) is 11.6. The zero-order valence-electron chi connectivity index (χ0n) is 23.9. The molecular formula is C28H43N3O8. The summed E-state index contributed by atoms with van der Waals surface area (Å²) in [5.41, 5.74) is 0.726. The summed E-state index contributed by atoms with van der Waals surface area (Å²) < 4.78 is 16.7. The Kier molecular flexibility index (Phi) is 10.2. The van der Waals surface area contributed by atoms with Crippen LogP contribution >= 0.6 is 0 Å². The average Bonchev–Trinajstić information content (AvgIpc) is 3.68. The third-order valence-corrected chi connectivity index (χ3v) is 6.84. The van der Waals surface area contributed by atoms with Crippen molar-refractivity contribution in [2.45, 2.75) is 71.6 Å². The predicted octanol–water partition coefficient (Wildman–Crippen LogP) is 2.84. The van der Waals surface area contributed by atoms with Crippen molar-refractivity contribution in [3.63, 3.8) is 0 Å². The third kappa shape index (κ3) is 8.04. The number of aliphatic hydroxyl groups excluding tert-OH is 1. The maximum absolute atomic E-state index is 14.1. The van der Waals surface area contributed by atoms with E-state index in [0.717, 1.165) is 18.4 Å². The molecule has 1 saturated heterocycles. The Labute approximate surface area is 230 Å². The number of carbonyl (C=O) groups is 3. The molecule has 0 aromatic rings. The number of piperidine rings is 1. The van der Waals surface area contributed by atoms with E-state index in [4.69, 9.17) is 14.2 Å². The van der Waals surface area contributed by atoms with Crippen molar-refractivity contribution in [2.75, 3.05) is 40.0 Å². The second-order valence-corrected chi connectivity index (χ2v) is 11.6. The molecule has 11 heteroatoms. The summed E-state index contributed by atoms with van der Waals surface area (Å²) in [6, 6.07) is -0.0957. The first kappa shape index (κ1) is 30.6. The number of aliphatic imine (C=N–C) groups is 1. The topological polar surface area (TPSA) is 138 Å². The number of rotatable bonds is 10. The van der Waals surface area contributed by atoms with Crippen molar-refractivity contribution in [1.29, 1.82) is 0 Å². The monoisotopic (exact) mass is 549 g/mol. The number of allylic oxidation sites excluding steroid dienone is 2. The van der Waals surface area contributed by atoms with E-state index < -0.39 is 41.5 Å². The molecule has 2 amide bonds. The summed E-state index contributed by atoms with van der Waals surface area (Å²) >= 11 is 0. The fraction of sp³-hybridized carbons (Fsp3) is 0.714. The smallest absolute Gasteiger partial charge is 0.410 e. The lowest BCUT2D eigenvalue weighted by Gasteiger charge is -2.41. The highest BCUT2D eigenvalue weighted by Crippen LogP contribution is 2.36. The van der Waals surface area contributed by atoms with Gasteiger partial charge in [0.1, 0.15) is 17.3 Å². The van der Waals surface area contributed by atoms with E-state index in [9.17, 15) is 24.6 Å². The second kappa shape index (κ2) is 13.0. The quantitative estimate of drug-likeness (QED) is 0.397. The molecule has 0 spiro atoms. The van der Waals surface area contributed by atoms with Crippen molar-refractivity contribution in [3.8, 4) is 0 Å². The molecule has 2 heterocycles. The van der Waals surface area contributed by atoms with Crippen LogP contribution in [0.3, 0.4) is 0 Å². The fourth-order valence-electron chi connectivity index (χ4n) is 4.71. The fourth-order valence-corrected chi connectivity index (χ4v) is 4.71. The Bertz CT molecular complexity index is 1010. The Morgan fingerprint density at radius 3 is 2.38 bits per heavy atom. The van der Waals surface area contributed by atoms with Crippen LogP contribution in [-0.2, 0) is 23.8 Å². The number of carboxylic acids is 1. The van der Waals surface area contributed by atoms with Gasteiger partial charge in [0.2, 0.25) is 5.91 Å². The normalized spacial score (nSPS) is 23.8. The highest BCUT2D eigenvalue weighted by Gasteiger charge is 2.49. The lowest BCUT2D eigenvalue weighted by Crippen LogP contribution is -2.58. The number of aliphatic carboxylic acids is 1. The lowest BCUT2D eigenvalue weighted by atomic mass is 9.85. The molecule has 39 heavy (non-hydrogen) atoms. The standard InChI is InChI=1S/C28H43N3O8/c1-17(2)20-14-29-13-19(12-23(20)38-11-7-10-37-6)31(18-8-9-18)25(33)21-15-30(27(36)39-28(3,4)5)16-22(24(21)32)26(34)35/h12,14,17-18,21-22,24,32H,7-11,13,15-16H2,1-6H3,(H,34,35)/t21?,22?,24-/m0/s1. The SMILES string of the molecule is COCCCOC1=C(C(C)C)C=NCC(N(C(=O)C2CN(C(=O)OC(C)(C)C)CC(C(=O)O)[C@H]2O)C2CC2)=C1. The van der Waals surface area contributed by atoms with Crippen molar-refractivity contribution in [2.24, 2.45) is 22.7 Å². The Hall–Kier alpha value is -2.92. The summed E-state index contributed by atoms with van der Waals surface area (Å²) in [6.07, 6.45) is 3.68. The van der Waals surface area contributed by atoms with Crippen LogP contribution in [0.15, 0.2) is 28.1 Å². The molecule has 0 aromatic carbocycles. The predicted molar refractivity (Wildman–Crippen MR) is 144 cm³/mol. The van der Waals surface area contributed by atoms with Gasteiger partial charge in [0.25, 0.3) is 0 Å². The van der Waals surface area contributed by atoms with E-state index in [0.29, 0.717) is 31.1 Å². The molecule has 218 valence electrons. The Balaban J connectivity index is 1.93. The maximum Gasteiger partial charge on any atom is 0.410 e. The molecule has 2 aliphatic heterocycles. The van der Waals surface area contributed by atoms with Crippen molar-refractivity contribution in [3.05, 3.63) is 23.1 Å². The minimum absolute atomic E-state index is 0.0957.